The van der Waals surface area contributed by atoms with E-state index in [0.717, 1.165) is 0 Å². The van der Waals surface area contributed by atoms with Gasteiger partial charge in [0, 0.05) is 0 Å². The van der Waals surface area contributed by atoms with Gasteiger partial charge in [-0.1, -0.05) is 0 Å². The average Bonchev–Trinajstić information content (AvgIpc) is 1.84. The van der Waals surface area contributed by atoms with Crippen molar-refractivity contribution in [2.45, 2.75) is 30.9 Å². The molecule has 0 aromatic carbocycles. The van der Waals surface area contributed by atoms with Crippen molar-refractivity contribution in [1.29, 1.82) is 0 Å². The molecule has 80 valence electrons. The molecule has 0 aliphatic carbocycles. The maximum atomic E-state index is 12.4. The van der Waals surface area contributed by atoms with Crippen molar-refractivity contribution >= 4 is 0 Å². The molecule has 0 aromatic rings. The van der Waals surface area contributed by atoms with Crippen LogP contribution < -0.4 is 0 Å². The zero-order chi connectivity index (χ0) is 11.1. The summed E-state index contributed by atoms with van der Waals surface area (Å²) in [6.07, 6.45) is -8.77. The van der Waals surface area contributed by atoms with Gasteiger partial charge in [0.25, 0.3) is 0 Å². The first kappa shape index (κ1) is 12.5. The minimum atomic E-state index is -5.94. The Morgan fingerprint density at radius 1 is 1.00 bits per heavy atom. The molecule has 13 heavy (non-hydrogen) atoms. The number of aliphatic hydroxyl groups is 3. The Morgan fingerprint density at radius 3 is 1.38 bits per heavy atom. The molecule has 8 heteroatoms. The van der Waals surface area contributed by atoms with Crippen LogP contribution >= 0.6 is 0 Å². The van der Waals surface area contributed by atoms with Gasteiger partial charge in [0.15, 0.2) is 0 Å². The summed E-state index contributed by atoms with van der Waals surface area (Å²) in [6, 6.07) is 0. The van der Waals surface area contributed by atoms with Crippen LogP contribution in [0, 0.1) is 0 Å². The Morgan fingerprint density at radius 2 is 1.31 bits per heavy atom. The van der Waals surface area contributed by atoms with Crippen LogP contribution in [0.3, 0.4) is 0 Å². The molecule has 0 aliphatic heterocycles. The summed E-state index contributed by atoms with van der Waals surface area (Å²) in [5, 5.41) is 24.3. The van der Waals surface area contributed by atoms with Crippen LogP contribution in [0.2, 0.25) is 0 Å². The molecule has 1 unspecified atom stereocenters. The summed E-state index contributed by atoms with van der Waals surface area (Å²) >= 11 is 0. The third kappa shape index (κ3) is 1.89. The normalized spacial score (nSPS) is 17.3. The molecule has 0 rings (SSSR count). The first-order chi connectivity index (χ1) is 5.44. The molecule has 0 aliphatic rings. The molecule has 0 heterocycles. The van der Waals surface area contributed by atoms with Gasteiger partial charge < -0.3 is 15.3 Å². The molecule has 3 nitrogen and oxygen atoms in total. The van der Waals surface area contributed by atoms with E-state index in [1.807, 2.05) is 0 Å². The number of halogens is 5. The highest BCUT2D eigenvalue weighted by Gasteiger charge is 2.70. The standard InChI is InChI=1S/C5H7F5O3/c1-2(11)3(6,7)4(12,13)5(8,9)10/h2,11-13H,1H3. The monoisotopic (exact) mass is 210 g/mol. The van der Waals surface area contributed by atoms with E-state index in [2.05, 4.69) is 0 Å². The summed E-state index contributed by atoms with van der Waals surface area (Å²) in [7, 11) is 0. The molecular formula is C5H7F5O3. The highest BCUT2D eigenvalue weighted by Crippen LogP contribution is 2.41. The van der Waals surface area contributed by atoms with Gasteiger partial charge >= 0.3 is 17.9 Å². The summed E-state index contributed by atoms with van der Waals surface area (Å²) < 4.78 is 59.5. The molecule has 0 saturated carbocycles. The highest BCUT2D eigenvalue weighted by molar-refractivity contribution is 4.93. The molecule has 0 fully saturated rings. The van der Waals surface area contributed by atoms with E-state index in [0.29, 0.717) is 6.92 Å². The number of hydrogen-bond donors (Lipinski definition) is 3. The molecule has 1 atom stereocenters. The highest BCUT2D eigenvalue weighted by atomic mass is 19.4. The zero-order valence-electron chi connectivity index (χ0n) is 6.31. The van der Waals surface area contributed by atoms with Crippen LogP contribution in [0.25, 0.3) is 0 Å². The molecule has 3 N–H and O–H groups in total. The Bertz CT molecular complexity index is 185. The van der Waals surface area contributed by atoms with Crippen molar-refractivity contribution in [3.63, 3.8) is 0 Å². The summed E-state index contributed by atoms with van der Waals surface area (Å²) in [5.41, 5.74) is 0. The van der Waals surface area contributed by atoms with Gasteiger partial charge in [-0.05, 0) is 6.92 Å². The summed E-state index contributed by atoms with van der Waals surface area (Å²) in [6.45, 7) is 0.312. The lowest BCUT2D eigenvalue weighted by atomic mass is 10.0. The predicted molar refractivity (Wildman–Crippen MR) is 29.9 cm³/mol. The third-order valence-electron chi connectivity index (χ3n) is 1.38. The van der Waals surface area contributed by atoms with Crippen LogP contribution in [-0.4, -0.2) is 39.3 Å². The molecule has 0 spiro atoms. The van der Waals surface area contributed by atoms with Crippen molar-refractivity contribution in [1.82, 2.24) is 0 Å². The number of rotatable bonds is 2. The first-order valence-corrected chi connectivity index (χ1v) is 3.02. The van der Waals surface area contributed by atoms with Gasteiger partial charge in [0.2, 0.25) is 0 Å². The number of hydrogen-bond acceptors (Lipinski definition) is 3. The first-order valence-electron chi connectivity index (χ1n) is 3.02. The van der Waals surface area contributed by atoms with E-state index in [9.17, 15) is 22.0 Å². The van der Waals surface area contributed by atoms with Gasteiger partial charge in [-0.3, -0.25) is 0 Å². The molecule has 0 saturated heterocycles. The number of alkyl halides is 5. The average molecular weight is 210 g/mol. The van der Waals surface area contributed by atoms with Crippen LogP contribution in [0.4, 0.5) is 22.0 Å². The van der Waals surface area contributed by atoms with Crippen LogP contribution in [-0.2, 0) is 0 Å². The Labute approximate surface area is 69.4 Å². The summed E-state index contributed by atoms with van der Waals surface area (Å²) in [4.78, 5) is 0. The van der Waals surface area contributed by atoms with Gasteiger partial charge in [0.1, 0.15) is 6.10 Å². The Kier molecular flexibility index (Phi) is 2.92. The van der Waals surface area contributed by atoms with E-state index < -0.39 is 24.0 Å². The maximum absolute atomic E-state index is 12.4. The van der Waals surface area contributed by atoms with Crippen LogP contribution in [0.5, 0.6) is 0 Å². The van der Waals surface area contributed by atoms with Gasteiger partial charge in [-0.2, -0.15) is 22.0 Å². The van der Waals surface area contributed by atoms with Gasteiger partial charge in [-0.25, -0.2) is 0 Å². The number of aliphatic hydroxyl groups excluding tert-OH is 1. The Balaban J connectivity index is 5.04. The van der Waals surface area contributed by atoms with E-state index in [1.54, 1.807) is 0 Å². The fourth-order valence-electron chi connectivity index (χ4n) is 0.480. The molecular weight excluding hydrogens is 203 g/mol. The fraction of sp³-hybridized carbons (Fsp3) is 1.00. The van der Waals surface area contributed by atoms with Crippen molar-refractivity contribution in [3.8, 4) is 0 Å². The largest absolute Gasteiger partial charge is 0.449 e. The van der Waals surface area contributed by atoms with Crippen LogP contribution in [0.15, 0.2) is 0 Å². The quantitative estimate of drug-likeness (QED) is 0.452. The maximum Gasteiger partial charge on any atom is 0.449 e. The van der Waals surface area contributed by atoms with Crippen molar-refractivity contribution in [2.75, 3.05) is 0 Å². The smallest absolute Gasteiger partial charge is 0.387 e. The SMILES string of the molecule is CC(O)C(F)(F)C(O)(O)C(F)(F)F. The van der Waals surface area contributed by atoms with Gasteiger partial charge in [0.05, 0.1) is 0 Å². The van der Waals surface area contributed by atoms with Crippen molar-refractivity contribution in [2.24, 2.45) is 0 Å². The topological polar surface area (TPSA) is 60.7 Å². The van der Waals surface area contributed by atoms with E-state index in [4.69, 9.17) is 15.3 Å². The lowest BCUT2D eigenvalue weighted by molar-refractivity contribution is -0.427. The summed E-state index contributed by atoms with van der Waals surface area (Å²) in [5.74, 6) is -10.3. The second-order valence-electron chi connectivity index (χ2n) is 2.47. The second-order valence-corrected chi connectivity index (χ2v) is 2.47. The van der Waals surface area contributed by atoms with Crippen LogP contribution in [0.1, 0.15) is 6.92 Å². The van der Waals surface area contributed by atoms with E-state index in [-0.39, 0.29) is 0 Å². The minimum Gasteiger partial charge on any atom is -0.387 e. The minimum absolute atomic E-state index is 0.312. The van der Waals surface area contributed by atoms with Gasteiger partial charge in [-0.15, -0.1) is 0 Å². The zero-order valence-corrected chi connectivity index (χ0v) is 6.31. The van der Waals surface area contributed by atoms with Crippen molar-refractivity contribution < 1.29 is 37.3 Å². The Hall–Kier alpha value is -0.470. The van der Waals surface area contributed by atoms with Crippen molar-refractivity contribution in [3.05, 3.63) is 0 Å². The van der Waals surface area contributed by atoms with E-state index in [1.165, 1.54) is 0 Å². The molecule has 0 amide bonds. The second kappa shape index (κ2) is 3.03. The van der Waals surface area contributed by atoms with E-state index >= 15 is 0 Å². The lowest BCUT2D eigenvalue weighted by Crippen LogP contribution is -2.62. The lowest BCUT2D eigenvalue weighted by Gasteiger charge is -2.33. The molecule has 0 bridgehead atoms. The third-order valence-corrected chi connectivity index (χ3v) is 1.38. The molecule has 0 radical (unpaired) electrons. The fourth-order valence-corrected chi connectivity index (χ4v) is 0.480. The predicted octanol–water partition coefficient (Wildman–Crippen LogP) is 0.246. The molecule has 0 aromatic heterocycles.